The van der Waals surface area contributed by atoms with Crippen LogP contribution < -0.4 is 5.73 Å². The third-order valence-electron chi connectivity index (χ3n) is 1.99. The SMILES string of the molecule is CC(CCN)S(=O)(=O)Cc1nccs1. The summed E-state index contributed by atoms with van der Waals surface area (Å²) in [4.78, 5) is 3.95. The summed E-state index contributed by atoms with van der Waals surface area (Å²) in [6.45, 7) is 2.09. The molecule has 1 unspecified atom stereocenters. The lowest BCUT2D eigenvalue weighted by molar-refractivity contribution is 0.577. The maximum Gasteiger partial charge on any atom is 0.159 e. The highest BCUT2D eigenvalue weighted by Crippen LogP contribution is 2.14. The van der Waals surface area contributed by atoms with Gasteiger partial charge in [0, 0.05) is 11.6 Å². The highest BCUT2D eigenvalue weighted by Gasteiger charge is 2.21. The minimum absolute atomic E-state index is 0.0336. The molecule has 1 rings (SSSR count). The summed E-state index contributed by atoms with van der Waals surface area (Å²) in [6.07, 6.45) is 2.12. The van der Waals surface area contributed by atoms with E-state index in [2.05, 4.69) is 4.98 Å². The molecule has 0 aliphatic carbocycles. The van der Waals surface area contributed by atoms with Gasteiger partial charge in [0.15, 0.2) is 9.84 Å². The molecule has 1 aromatic rings. The second-order valence-corrected chi connectivity index (χ2v) is 6.52. The Balaban J connectivity index is 2.67. The average Bonchev–Trinajstić information content (AvgIpc) is 2.56. The zero-order valence-electron chi connectivity index (χ0n) is 8.01. The maximum atomic E-state index is 11.7. The van der Waals surface area contributed by atoms with E-state index in [-0.39, 0.29) is 11.0 Å². The highest BCUT2D eigenvalue weighted by atomic mass is 32.2. The largest absolute Gasteiger partial charge is 0.330 e. The lowest BCUT2D eigenvalue weighted by atomic mass is 10.3. The van der Waals surface area contributed by atoms with Crippen molar-refractivity contribution >= 4 is 21.2 Å². The number of hydrogen-bond donors (Lipinski definition) is 1. The van der Waals surface area contributed by atoms with Crippen LogP contribution in [0.4, 0.5) is 0 Å². The zero-order valence-corrected chi connectivity index (χ0v) is 9.64. The fourth-order valence-electron chi connectivity index (χ4n) is 1.05. The Kier molecular flexibility index (Phi) is 4.03. The molecule has 0 aromatic carbocycles. The normalized spacial score (nSPS) is 14.1. The van der Waals surface area contributed by atoms with Gasteiger partial charge in [-0.3, -0.25) is 0 Å². The third-order valence-corrected chi connectivity index (χ3v) is 5.09. The molecule has 0 amide bonds. The molecule has 0 saturated heterocycles. The molecule has 6 heteroatoms. The molecule has 2 N–H and O–H groups in total. The van der Waals surface area contributed by atoms with Gasteiger partial charge >= 0.3 is 0 Å². The second-order valence-electron chi connectivity index (χ2n) is 3.12. The number of nitrogens with two attached hydrogens (primary N) is 1. The Labute approximate surface area is 88.1 Å². The van der Waals surface area contributed by atoms with Gasteiger partial charge in [0.1, 0.15) is 10.8 Å². The third kappa shape index (κ3) is 3.04. The van der Waals surface area contributed by atoms with Gasteiger partial charge in [-0.1, -0.05) is 0 Å². The molecule has 0 radical (unpaired) electrons. The van der Waals surface area contributed by atoms with Crippen molar-refractivity contribution in [1.82, 2.24) is 4.98 Å². The van der Waals surface area contributed by atoms with E-state index in [0.29, 0.717) is 18.0 Å². The van der Waals surface area contributed by atoms with E-state index in [4.69, 9.17) is 5.73 Å². The molecular formula is C8H14N2O2S2. The molecule has 0 spiro atoms. The van der Waals surface area contributed by atoms with Gasteiger partial charge in [-0.2, -0.15) is 0 Å². The highest BCUT2D eigenvalue weighted by molar-refractivity contribution is 7.91. The van der Waals surface area contributed by atoms with E-state index in [1.807, 2.05) is 0 Å². The summed E-state index contributed by atoms with van der Waals surface area (Å²) >= 11 is 1.36. The first-order valence-corrected chi connectivity index (χ1v) is 6.96. The summed E-state index contributed by atoms with van der Waals surface area (Å²) in [6, 6.07) is 0. The van der Waals surface area contributed by atoms with Gasteiger partial charge in [-0.25, -0.2) is 13.4 Å². The van der Waals surface area contributed by atoms with Crippen LogP contribution in [-0.4, -0.2) is 25.2 Å². The summed E-state index contributed by atoms with van der Waals surface area (Å²) < 4.78 is 23.4. The number of rotatable bonds is 5. The van der Waals surface area contributed by atoms with E-state index in [1.165, 1.54) is 11.3 Å². The fraction of sp³-hybridized carbons (Fsp3) is 0.625. The summed E-state index contributed by atoms with van der Waals surface area (Å²) in [5, 5.41) is 2.05. The lowest BCUT2D eigenvalue weighted by Gasteiger charge is -2.09. The summed E-state index contributed by atoms with van der Waals surface area (Å²) in [7, 11) is -3.08. The van der Waals surface area contributed by atoms with Crippen LogP contribution in [0.2, 0.25) is 0 Å². The predicted octanol–water partition coefficient (Wildman–Crippen LogP) is 0.795. The standard InChI is InChI=1S/C8H14N2O2S2/c1-7(2-3-9)14(11,12)6-8-10-4-5-13-8/h4-5,7H,2-3,6,9H2,1H3. The van der Waals surface area contributed by atoms with Gasteiger partial charge in [-0.05, 0) is 19.9 Å². The van der Waals surface area contributed by atoms with Crippen molar-refractivity contribution in [2.75, 3.05) is 6.54 Å². The Hall–Kier alpha value is -0.460. The van der Waals surface area contributed by atoms with Gasteiger partial charge < -0.3 is 5.73 Å². The van der Waals surface area contributed by atoms with Crippen molar-refractivity contribution in [3.05, 3.63) is 16.6 Å². The van der Waals surface area contributed by atoms with Gasteiger partial charge in [0.25, 0.3) is 0 Å². The quantitative estimate of drug-likeness (QED) is 0.817. The molecule has 80 valence electrons. The number of nitrogens with zero attached hydrogens (tertiary/aromatic N) is 1. The second kappa shape index (κ2) is 4.86. The van der Waals surface area contributed by atoms with Crippen molar-refractivity contribution in [2.24, 2.45) is 5.73 Å². The molecule has 0 aliphatic rings. The minimum atomic E-state index is -3.08. The Morgan fingerprint density at radius 1 is 1.64 bits per heavy atom. The molecular weight excluding hydrogens is 220 g/mol. The van der Waals surface area contributed by atoms with Crippen molar-refractivity contribution in [3.63, 3.8) is 0 Å². The topological polar surface area (TPSA) is 73.1 Å². The van der Waals surface area contributed by atoms with Crippen LogP contribution in [0.3, 0.4) is 0 Å². The Morgan fingerprint density at radius 2 is 2.36 bits per heavy atom. The molecule has 4 nitrogen and oxygen atoms in total. The summed E-state index contributed by atoms with van der Waals surface area (Å²) in [5.41, 5.74) is 5.32. The molecule has 1 atom stereocenters. The molecule has 0 aliphatic heterocycles. The van der Waals surface area contributed by atoms with Crippen LogP contribution in [0.5, 0.6) is 0 Å². The van der Waals surface area contributed by atoms with Crippen LogP contribution in [-0.2, 0) is 15.6 Å². The van der Waals surface area contributed by atoms with Gasteiger partial charge in [0.2, 0.25) is 0 Å². The number of thiazole rings is 1. The van der Waals surface area contributed by atoms with E-state index in [0.717, 1.165) is 0 Å². The molecule has 0 fully saturated rings. The van der Waals surface area contributed by atoms with Crippen molar-refractivity contribution in [3.8, 4) is 0 Å². The Morgan fingerprint density at radius 3 is 2.86 bits per heavy atom. The van der Waals surface area contributed by atoms with Crippen LogP contribution in [0.1, 0.15) is 18.4 Å². The molecule has 1 aromatic heterocycles. The monoisotopic (exact) mass is 234 g/mol. The van der Waals surface area contributed by atoms with Crippen LogP contribution in [0, 0.1) is 0 Å². The van der Waals surface area contributed by atoms with Crippen LogP contribution in [0.25, 0.3) is 0 Å². The van der Waals surface area contributed by atoms with E-state index in [9.17, 15) is 8.42 Å². The van der Waals surface area contributed by atoms with Gasteiger partial charge in [-0.15, -0.1) is 11.3 Å². The van der Waals surface area contributed by atoms with E-state index < -0.39 is 9.84 Å². The van der Waals surface area contributed by atoms with Crippen LogP contribution >= 0.6 is 11.3 Å². The average molecular weight is 234 g/mol. The molecule has 0 saturated carbocycles. The smallest absolute Gasteiger partial charge is 0.159 e. The number of sulfone groups is 1. The van der Waals surface area contributed by atoms with Crippen molar-refractivity contribution in [1.29, 1.82) is 0 Å². The summed E-state index contributed by atoms with van der Waals surface area (Å²) in [5.74, 6) is 0.0336. The maximum absolute atomic E-state index is 11.7. The first kappa shape index (κ1) is 11.6. The number of aromatic nitrogens is 1. The van der Waals surface area contributed by atoms with E-state index >= 15 is 0 Å². The Bertz CT molecular complexity index is 359. The predicted molar refractivity (Wildman–Crippen MR) is 57.9 cm³/mol. The van der Waals surface area contributed by atoms with E-state index in [1.54, 1.807) is 18.5 Å². The zero-order chi connectivity index (χ0) is 10.6. The van der Waals surface area contributed by atoms with Gasteiger partial charge in [0.05, 0.1) is 5.25 Å². The number of hydrogen-bond acceptors (Lipinski definition) is 5. The van der Waals surface area contributed by atoms with Crippen molar-refractivity contribution in [2.45, 2.75) is 24.3 Å². The first-order chi connectivity index (χ1) is 6.56. The van der Waals surface area contributed by atoms with Crippen LogP contribution in [0.15, 0.2) is 11.6 Å². The minimum Gasteiger partial charge on any atom is -0.330 e. The van der Waals surface area contributed by atoms with Crippen molar-refractivity contribution < 1.29 is 8.42 Å². The molecule has 0 bridgehead atoms. The fourth-order valence-corrected chi connectivity index (χ4v) is 3.42. The first-order valence-electron chi connectivity index (χ1n) is 4.36. The molecule has 14 heavy (non-hydrogen) atoms. The lowest BCUT2D eigenvalue weighted by Crippen LogP contribution is -2.22. The molecule has 1 heterocycles.